The van der Waals surface area contributed by atoms with Crippen LogP contribution in [0.25, 0.3) is 5.69 Å². The lowest BCUT2D eigenvalue weighted by Gasteiger charge is -2.23. The van der Waals surface area contributed by atoms with E-state index in [9.17, 15) is 0 Å². The number of benzene rings is 1. The summed E-state index contributed by atoms with van der Waals surface area (Å²) in [4.78, 5) is 8.65. The molecule has 6 heteroatoms. The van der Waals surface area contributed by atoms with Crippen molar-refractivity contribution in [1.82, 2.24) is 29.6 Å². The monoisotopic (exact) mass is 322 g/mol. The lowest BCUT2D eigenvalue weighted by Crippen LogP contribution is -2.37. The molecule has 1 N–H and O–H groups in total. The highest BCUT2D eigenvalue weighted by atomic mass is 15.4. The van der Waals surface area contributed by atoms with Crippen molar-refractivity contribution in [3.05, 3.63) is 60.2 Å². The Kier molecular flexibility index (Phi) is 4.13. The van der Waals surface area contributed by atoms with Crippen LogP contribution in [0.1, 0.15) is 30.6 Å². The molecular weight excluding hydrogens is 300 g/mol. The molecule has 4 rings (SSSR count). The minimum absolute atomic E-state index is 0.456. The van der Waals surface area contributed by atoms with Gasteiger partial charge in [-0.15, -0.1) is 0 Å². The number of hydrogen-bond acceptors (Lipinski definition) is 4. The third-order valence-electron chi connectivity index (χ3n) is 4.55. The summed E-state index contributed by atoms with van der Waals surface area (Å²) in [7, 11) is 0. The van der Waals surface area contributed by atoms with Crippen LogP contribution in [0.15, 0.2) is 43.0 Å². The van der Waals surface area contributed by atoms with Crippen molar-refractivity contribution in [1.29, 1.82) is 0 Å². The summed E-state index contributed by atoms with van der Waals surface area (Å²) >= 11 is 0. The molecule has 1 aliphatic heterocycles. The zero-order chi connectivity index (χ0) is 16.4. The number of nitrogens with one attached hydrogen (secondary N) is 1. The normalized spacial score (nSPS) is 17.0. The topological polar surface area (TPSA) is 60.6 Å². The van der Waals surface area contributed by atoms with E-state index in [1.807, 2.05) is 17.1 Å². The van der Waals surface area contributed by atoms with Crippen LogP contribution in [0.5, 0.6) is 0 Å². The fraction of sp³-hybridized carbons (Fsp3) is 0.389. The van der Waals surface area contributed by atoms with E-state index in [0.29, 0.717) is 6.04 Å². The van der Waals surface area contributed by atoms with Crippen LogP contribution in [0.4, 0.5) is 0 Å². The molecule has 0 spiro atoms. The van der Waals surface area contributed by atoms with Gasteiger partial charge in [0.2, 0.25) is 0 Å². The predicted molar refractivity (Wildman–Crippen MR) is 91.9 cm³/mol. The maximum absolute atomic E-state index is 4.57. The van der Waals surface area contributed by atoms with Gasteiger partial charge in [-0.25, -0.2) is 14.6 Å². The second-order valence-corrected chi connectivity index (χ2v) is 6.23. The zero-order valence-corrected chi connectivity index (χ0v) is 13.9. The second kappa shape index (κ2) is 6.57. The molecule has 1 aliphatic rings. The number of hydrogen-bond donors (Lipinski definition) is 1. The summed E-state index contributed by atoms with van der Waals surface area (Å²) in [6.45, 7) is 3.89. The number of rotatable bonds is 5. The van der Waals surface area contributed by atoms with Crippen LogP contribution in [0, 0.1) is 0 Å². The molecule has 3 heterocycles. The Morgan fingerprint density at radius 1 is 1.25 bits per heavy atom. The Morgan fingerprint density at radius 2 is 2.12 bits per heavy atom. The van der Waals surface area contributed by atoms with Gasteiger partial charge in [-0.05, 0) is 24.1 Å². The van der Waals surface area contributed by atoms with Gasteiger partial charge in [0, 0.05) is 43.5 Å². The van der Waals surface area contributed by atoms with Crippen LogP contribution >= 0.6 is 0 Å². The van der Waals surface area contributed by atoms with Gasteiger partial charge < -0.3 is 9.88 Å². The van der Waals surface area contributed by atoms with Crippen molar-refractivity contribution in [2.45, 2.75) is 45.3 Å². The summed E-state index contributed by atoms with van der Waals surface area (Å²) in [6.07, 6.45) is 8.59. The summed E-state index contributed by atoms with van der Waals surface area (Å²) in [5, 5.41) is 8.22. The van der Waals surface area contributed by atoms with Gasteiger partial charge >= 0.3 is 0 Å². The highest BCUT2D eigenvalue weighted by molar-refractivity contribution is 5.34. The number of aromatic nitrogens is 5. The lowest BCUT2D eigenvalue weighted by molar-refractivity contribution is 0.357. The molecular formula is C18H22N6. The van der Waals surface area contributed by atoms with Crippen LogP contribution in [0.2, 0.25) is 0 Å². The van der Waals surface area contributed by atoms with Crippen molar-refractivity contribution in [2.24, 2.45) is 0 Å². The molecule has 124 valence electrons. The van der Waals surface area contributed by atoms with Crippen molar-refractivity contribution in [3.8, 4) is 5.69 Å². The molecule has 24 heavy (non-hydrogen) atoms. The SMILES string of the molecule is CCc1nc2n(n1)C[C@@H](NCc1ccc(-n3ccnc3)cc1)CC2. The van der Waals surface area contributed by atoms with Crippen LogP contribution in [0.3, 0.4) is 0 Å². The number of aryl methyl sites for hydroxylation is 2. The van der Waals surface area contributed by atoms with E-state index in [1.165, 1.54) is 5.56 Å². The quantitative estimate of drug-likeness (QED) is 0.782. The summed E-state index contributed by atoms with van der Waals surface area (Å²) in [5.74, 6) is 2.09. The van der Waals surface area contributed by atoms with Crippen molar-refractivity contribution in [2.75, 3.05) is 0 Å². The first-order chi connectivity index (χ1) is 11.8. The molecule has 0 fully saturated rings. The molecule has 1 aromatic carbocycles. The third kappa shape index (κ3) is 3.10. The molecule has 1 atom stereocenters. The predicted octanol–water partition coefficient (Wildman–Crippen LogP) is 2.13. The fourth-order valence-corrected chi connectivity index (χ4v) is 3.14. The van der Waals surface area contributed by atoms with E-state index >= 15 is 0 Å². The molecule has 0 saturated carbocycles. The summed E-state index contributed by atoms with van der Waals surface area (Å²) in [6, 6.07) is 9.05. The van der Waals surface area contributed by atoms with Crippen LogP contribution < -0.4 is 5.32 Å². The van der Waals surface area contributed by atoms with Gasteiger partial charge in [-0.3, -0.25) is 0 Å². The maximum atomic E-state index is 4.57. The van der Waals surface area contributed by atoms with Crippen molar-refractivity contribution in [3.63, 3.8) is 0 Å². The lowest BCUT2D eigenvalue weighted by atomic mass is 10.1. The minimum Gasteiger partial charge on any atom is -0.308 e. The first-order valence-corrected chi connectivity index (χ1v) is 8.55. The van der Waals surface area contributed by atoms with Gasteiger partial charge in [-0.1, -0.05) is 19.1 Å². The Balaban J connectivity index is 1.35. The van der Waals surface area contributed by atoms with Crippen LogP contribution in [-0.2, 0) is 25.9 Å². The highest BCUT2D eigenvalue weighted by Crippen LogP contribution is 2.15. The number of imidazole rings is 1. The highest BCUT2D eigenvalue weighted by Gasteiger charge is 2.20. The van der Waals surface area contributed by atoms with Gasteiger partial charge in [0.05, 0.1) is 12.9 Å². The van der Waals surface area contributed by atoms with Gasteiger partial charge in [0.1, 0.15) is 5.82 Å². The summed E-state index contributed by atoms with van der Waals surface area (Å²) in [5.41, 5.74) is 2.42. The third-order valence-corrected chi connectivity index (χ3v) is 4.55. The van der Waals surface area contributed by atoms with E-state index in [2.05, 4.69) is 56.3 Å². The Hall–Kier alpha value is -2.47. The second-order valence-electron chi connectivity index (χ2n) is 6.23. The number of fused-ring (bicyclic) bond motifs is 1. The molecule has 2 aromatic heterocycles. The van der Waals surface area contributed by atoms with E-state index in [-0.39, 0.29) is 0 Å². The maximum Gasteiger partial charge on any atom is 0.150 e. The van der Waals surface area contributed by atoms with Gasteiger partial charge in [0.15, 0.2) is 5.82 Å². The van der Waals surface area contributed by atoms with Crippen LogP contribution in [-0.4, -0.2) is 30.4 Å². The smallest absolute Gasteiger partial charge is 0.150 e. The van der Waals surface area contributed by atoms with Gasteiger partial charge in [-0.2, -0.15) is 5.10 Å². The Labute approximate surface area is 141 Å². The molecule has 0 unspecified atom stereocenters. The molecule has 6 nitrogen and oxygen atoms in total. The van der Waals surface area contributed by atoms with E-state index < -0.39 is 0 Å². The Morgan fingerprint density at radius 3 is 2.88 bits per heavy atom. The molecule has 0 saturated heterocycles. The van der Waals surface area contributed by atoms with E-state index in [1.54, 1.807) is 6.20 Å². The number of nitrogens with zero attached hydrogens (tertiary/aromatic N) is 5. The van der Waals surface area contributed by atoms with E-state index in [0.717, 1.165) is 49.7 Å². The molecule has 0 aliphatic carbocycles. The fourth-order valence-electron chi connectivity index (χ4n) is 3.14. The van der Waals surface area contributed by atoms with Crippen molar-refractivity contribution >= 4 is 0 Å². The molecule has 3 aromatic rings. The van der Waals surface area contributed by atoms with Crippen molar-refractivity contribution < 1.29 is 0 Å². The molecule has 0 amide bonds. The standard InChI is InChI=1S/C18H22N6/c1-2-17-21-18-8-5-15(12-24(18)22-17)20-11-14-3-6-16(7-4-14)23-10-9-19-13-23/h3-4,6-7,9-10,13,15,20H,2,5,8,11-12H2,1H3/t15-/m0/s1. The van der Waals surface area contributed by atoms with E-state index in [4.69, 9.17) is 0 Å². The zero-order valence-electron chi connectivity index (χ0n) is 13.9. The minimum atomic E-state index is 0.456. The largest absolute Gasteiger partial charge is 0.308 e. The molecule has 0 radical (unpaired) electrons. The first-order valence-electron chi connectivity index (χ1n) is 8.55. The molecule has 0 bridgehead atoms. The van der Waals surface area contributed by atoms with Gasteiger partial charge in [0.25, 0.3) is 0 Å². The average Bonchev–Trinajstić information content (AvgIpc) is 3.29. The summed E-state index contributed by atoms with van der Waals surface area (Å²) < 4.78 is 4.08. The first kappa shape index (κ1) is 15.1. The average molecular weight is 322 g/mol. The Bertz CT molecular complexity index is 788.